The molecule has 0 spiro atoms. The highest BCUT2D eigenvalue weighted by Crippen LogP contribution is 2.22. The molecule has 2 heterocycles. The van der Waals surface area contributed by atoms with Crippen LogP contribution in [0.15, 0.2) is 24.3 Å². The summed E-state index contributed by atoms with van der Waals surface area (Å²) in [5.41, 5.74) is 1.46. The smallest absolute Gasteiger partial charge is 0.324 e. The third-order valence-corrected chi connectivity index (χ3v) is 4.19. The van der Waals surface area contributed by atoms with Gasteiger partial charge in [-0.25, -0.2) is 4.79 Å². The van der Waals surface area contributed by atoms with Gasteiger partial charge in [-0.3, -0.25) is 14.5 Å². The normalized spacial score (nSPS) is 21.3. The maximum atomic E-state index is 12.1. The van der Waals surface area contributed by atoms with Crippen LogP contribution in [0.2, 0.25) is 0 Å². The van der Waals surface area contributed by atoms with Gasteiger partial charge in [0.05, 0.1) is 0 Å². The van der Waals surface area contributed by atoms with Gasteiger partial charge in [-0.1, -0.05) is 0 Å². The molecule has 2 aliphatic rings. The highest BCUT2D eigenvalue weighted by Gasteiger charge is 2.27. The number of hydrogen-bond donors (Lipinski definition) is 2. The molecule has 1 aromatic rings. The second-order valence-electron chi connectivity index (χ2n) is 5.90. The maximum Gasteiger partial charge on any atom is 0.324 e. The molecule has 0 bridgehead atoms. The molecule has 7 heteroatoms. The fraction of sp³-hybridized carbons (Fsp3) is 0.438. The molecule has 4 amide bonds. The minimum Gasteiger partial charge on any atom is -0.344 e. The van der Waals surface area contributed by atoms with Crippen molar-refractivity contribution in [3.8, 4) is 0 Å². The highest BCUT2D eigenvalue weighted by atomic mass is 16.2. The van der Waals surface area contributed by atoms with Crippen LogP contribution in [-0.2, 0) is 9.59 Å². The van der Waals surface area contributed by atoms with Gasteiger partial charge < -0.3 is 15.5 Å². The van der Waals surface area contributed by atoms with Crippen molar-refractivity contribution in [1.29, 1.82) is 0 Å². The van der Waals surface area contributed by atoms with Crippen molar-refractivity contribution in [3.05, 3.63) is 24.3 Å². The Hall–Kier alpha value is -2.57. The fourth-order valence-electron chi connectivity index (χ4n) is 2.87. The predicted octanol–water partition coefficient (Wildman–Crippen LogP) is 1.17. The topological polar surface area (TPSA) is 81.8 Å². The van der Waals surface area contributed by atoms with Gasteiger partial charge in [0.25, 0.3) is 0 Å². The Labute approximate surface area is 134 Å². The zero-order valence-electron chi connectivity index (χ0n) is 13.0. The Bertz CT molecular complexity index is 629. The van der Waals surface area contributed by atoms with Crippen molar-refractivity contribution in [3.63, 3.8) is 0 Å². The van der Waals surface area contributed by atoms with E-state index in [0.29, 0.717) is 25.1 Å². The van der Waals surface area contributed by atoms with Crippen LogP contribution < -0.4 is 15.5 Å². The summed E-state index contributed by atoms with van der Waals surface area (Å²) in [6.45, 7) is 1.47. The first kappa shape index (κ1) is 15.3. The van der Waals surface area contributed by atoms with E-state index < -0.39 is 6.04 Å². The van der Waals surface area contributed by atoms with Crippen LogP contribution in [0.1, 0.15) is 19.3 Å². The summed E-state index contributed by atoms with van der Waals surface area (Å²) < 4.78 is 0. The van der Waals surface area contributed by atoms with Crippen LogP contribution in [-0.4, -0.2) is 48.9 Å². The van der Waals surface area contributed by atoms with Gasteiger partial charge >= 0.3 is 6.03 Å². The van der Waals surface area contributed by atoms with E-state index in [1.807, 2.05) is 12.1 Å². The van der Waals surface area contributed by atoms with Gasteiger partial charge in [0.15, 0.2) is 0 Å². The number of carbonyl (C=O) groups excluding carboxylic acids is 3. The monoisotopic (exact) mass is 316 g/mol. The molecule has 0 aliphatic carbocycles. The third kappa shape index (κ3) is 3.28. The number of rotatable bonds is 3. The van der Waals surface area contributed by atoms with Crippen LogP contribution in [0.4, 0.5) is 16.2 Å². The van der Waals surface area contributed by atoms with E-state index in [4.69, 9.17) is 0 Å². The summed E-state index contributed by atoms with van der Waals surface area (Å²) in [7, 11) is 1.79. The summed E-state index contributed by atoms with van der Waals surface area (Å²) in [5.74, 6) is -0.300. The molecule has 23 heavy (non-hydrogen) atoms. The molecule has 7 nitrogen and oxygen atoms in total. The van der Waals surface area contributed by atoms with Crippen LogP contribution in [0, 0.1) is 0 Å². The quantitative estimate of drug-likeness (QED) is 0.878. The number of urea groups is 1. The van der Waals surface area contributed by atoms with Crippen molar-refractivity contribution in [2.45, 2.75) is 25.3 Å². The van der Waals surface area contributed by atoms with Crippen LogP contribution in [0.3, 0.4) is 0 Å². The van der Waals surface area contributed by atoms with Gasteiger partial charge in [-0.15, -0.1) is 0 Å². The van der Waals surface area contributed by atoms with E-state index >= 15 is 0 Å². The van der Waals surface area contributed by atoms with Crippen LogP contribution >= 0.6 is 0 Å². The Balaban J connectivity index is 1.64. The SMILES string of the molecule is CN1CCCN(c2ccc(NC(=O)C3CCC(=O)N3)cc2)C1=O. The Morgan fingerprint density at radius 2 is 1.96 bits per heavy atom. The van der Waals surface area contributed by atoms with E-state index in [1.54, 1.807) is 29.0 Å². The van der Waals surface area contributed by atoms with Gasteiger partial charge in [-0.05, 0) is 37.1 Å². The second-order valence-corrected chi connectivity index (χ2v) is 5.90. The minimum atomic E-state index is -0.459. The maximum absolute atomic E-state index is 12.1. The first-order valence-corrected chi connectivity index (χ1v) is 7.77. The first-order valence-electron chi connectivity index (χ1n) is 7.77. The van der Waals surface area contributed by atoms with E-state index in [1.165, 1.54) is 0 Å². The molecule has 2 N–H and O–H groups in total. The lowest BCUT2D eigenvalue weighted by Crippen LogP contribution is -2.47. The molecule has 1 aromatic carbocycles. The minimum absolute atomic E-state index is 0.0123. The summed E-state index contributed by atoms with van der Waals surface area (Å²) in [6, 6.07) is 6.71. The molecule has 1 atom stereocenters. The Morgan fingerprint density at radius 3 is 2.61 bits per heavy atom. The number of benzene rings is 1. The average molecular weight is 316 g/mol. The largest absolute Gasteiger partial charge is 0.344 e. The summed E-state index contributed by atoms with van der Waals surface area (Å²) in [4.78, 5) is 38.8. The number of carbonyl (C=O) groups is 3. The van der Waals surface area contributed by atoms with Crippen molar-refractivity contribution < 1.29 is 14.4 Å². The molecule has 3 rings (SSSR count). The number of nitrogens with one attached hydrogen (secondary N) is 2. The third-order valence-electron chi connectivity index (χ3n) is 4.19. The Morgan fingerprint density at radius 1 is 1.22 bits per heavy atom. The number of nitrogens with zero attached hydrogens (tertiary/aromatic N) is 2. The van der Waals surface area contributed by atoms with Gasteiger partial charge in [0.2, 0.25) is 11.8 Å². The van der Waals surface area contributed by atoms with Crippen molar-refractivity contribution in [2.75, 3.05) is 30.4 Å². The lowest BCUT2D eigenvalue weighted by molar-refractivity contribution is -0.122. The molecular formula is C16H20N4O3. The number of amides is 4. The van der Waals surface area contributed by atoms with Crippen LogP contribution in [0.5, 0.6) is 0 Å². The van der Waals surface area contributed by atoms with E-state index in [-0.39, 0.29) is 17.8 Å². The molecule has 1 unspecified atom stereocenters. The van der Waals surface area contributed by atoms with E-state index in [9.17, 15) is 14.4 Å². The standard InChI is InChI=1S/C16H20N4O3/c1-19-9-2-10-20(16(19)23)12-5-3-11(4-6-12)17-15(22)13-7-8-14(21)18-13/h3-6,13H,2,7-10H2,1H3,(H,17,22)(H,18,21). The fourth-order valence-corrected chi connectivity index (χ4v) is 2.87. The molecule has 2 aliphatic heterocycles. The van der Waals surface area contributed by atoms with Crippen LogP contribution in [0.25, 0.3) is 0 Å². The molecule has 2 saturated heterocycles. The zero-order chi connectivity index (χ0) is 16.4. The highest BCUT2D eigenvalue weighted by molar-refractivity contribution is 5.99. The predicted molar refractivity (Wildman–Crippen MR) is 86.2 cm³/mol. The molecular weight excluding hydrogens is 296 g/mol. The molecule has 122 valence electrons. The summed E-state index contributed by atoms with van der Waals surface area (Å²) in [6.07, 6.45) is 1.85. The second kappa shape index (κ2) is 6.28. The number of anilines is 2. The van der Waals surface area contributed by atoms with Gasteiger partial charge in [0, 0.05) is 37.9 Å². The van der Waals surface area contributed by atoms with E-state index in [2.05, 4.69) is 10.6 Å². The summed E-state index contributed by atoms with van der Waals surface area (Å²) >= 11 is 0. The Kier molecular flexibility index (Phi) is 4.18. The lowest BCUT2D eigenvalue weighted by atomic mass is 10.2. The number of hydrogen-bond acceptors (Lipinski definition) is 3. The van der Waals surface area contributed by atoms with E-state index in [0.717, 1.165) is 18.7 Å². The van der Waals surface area contributed by atoms with Crippen molar-refractivity contribution in [1.82, 2.24) is 10.2 Å². The molecule has 0 aromatic heterocycles. The molecule has 0 radical (unpaired) electrons. The van der Waals surface area contributed by atoms with Gasteiger partial charge in [0.1, 0.15) is 6.04 Å². The molecule has 2 fully saturated rings. The van der Waals surface area contributed by atoms with Crippen molar-refractivity contribution in [2.24, 2.45) is 0 Å². The van der Waals surface area contributed by atoms with Crippen molar-refractivity contribution >= 4 is 29.2 Å². The van der Waals surface area contributed by atoms with Gasteiger partial charge in [-0.2, -0.15) is 0 Å². The summed E-state index contributed by atoms with van der Waals surface area (Å²) in [5, 5.41) is 5.43. The molecule has 0 saturated carbocycles. The lowest BCUT2D eigenvalue weighted by Gasteiger charge is -2.33. The first-order chi connectivity index (χ1) is 11.0. The zero-order valence-corrected chi connectivity index (χ0v) is 13.0. The average Bonchev–Trinajstić information content (AvgIpc) is 2.98.